The molecule has 66 valence electrons. The van der Waals surface area contributed by atoms with Gasteiger partial charge in [0, 0.05) is 18.5 Å². The molecule has 0 saturated carbocycles. The summed E-state index contributed by atoms with van der Waals surface area (Å²) in [5.74, 6) is -0.125. The van der Waals surface area contributed by atoms with E-state index in [-0.39, 0.29) is 5.75 Å². The lowest BCUT2D eigenvalue weighted by Gasteiger charge is -1.99. The van der Waals surface area contributed by atoms with Gasteiger partial charge in [0.15, 0.2) is 0 Å². The maximum absolute atomic E-state index is 13.2. The molecule has 3 nitrogen and oxygen atoms in total. The van der Waals surface area contributed by atoms with Crippen LogP contribution in [0.3, 0.4) is 0 Å². The van der Waals surface area contributed by atoms with E-state index in [0.29, 0.717) is 11.4 Å². The molecule has 0 atom stereocenters. The molecule has 4 heteroatoms. The van der Waals surface area contributed by atoms with Crippen molar-refractivity contribution >= 4 is 0 Å². The van der Waals surface area contributed by atoms with Gasteiger partial charge in [-0.3, -0.25) is 0 Å². The smallest absolute Gasteiger partial charge is 0.140 e. The van der Waals surface area contributed by atoms with E-state index in [0.717, 1.165) is 6.07 Å². The zero-order valence-electron chi connectivity index (χ0n) is 6.66. The number of aromatic amines is 1. The Labute approximate surface area is 73.9 Å². The number of benzene rings is 1. The number of nitrogens with one attached hydrogen (secondary N) is 1. The molecule has 1 aromatic heterocycles. The van der Waals surface area contributed by atoms with Gasteiger partial charge in [0.2, 0.25) is 0 Å². The second-order valence-corrected chi connectivity index (χ2v) is 2.60. The Morgan fingerprint density at radius 1 is 1.38 bits per heavy atom. The molecule has 1 heterocycles. The fraction of sp³-hybridized carbons (Fsp3) is 0. The number of aromatic nitrogens is 2. The first-order valence-electron chi connectivity index (χ1n) is 3.75. The third kappa shape index (κ3) is 1.38. The van der Waals surface area contributed by atoms with Gasteiger partial charge in [0.05, 0.1) is 5.56 Å². The zero-order valence-corrected chi connectivity index (χ0v) is 6.66. The Morgan fingerprint density at radius 2 is 2.23 bits per heavy atom. The number of hydrogen-bond donors (Lipinski definition) is 2. The Kier molecular flexibility index (Phi) is 1.73. The number of halogens is 1. The molecule has 0 fully saturated rings. The number of rotatable bonds is 1. The van der Waals surface area contributed by atoms with E-state index in [2.05, 4.69) is 9.97 Å². The number of phenolic OH excluding ortho intramolecular Hbond substituents is 1. The third-order valence-electron chi connectivity index (χ3n) is 1.71. The maximum Gasteiger partial charge on any atom is 0.140 e. The number of imidazole rings is 1. The third-order valence-corrected chi connectivity index (χ3v) is 1.71. The standard InChI is InChI=1S/C9H7FN2O/c10-8-5-6(13)1-2-7(8)9-11-3-4-12-9/h1-5,13H,(H,11,12). The highest BCUT2D eigenvalue weighted by Gasteiger charge is 2.06. The van der Waals surface area contributed by atoms with Crippen LogP contribution in [-0.2, 0) is 0 Å². The van der Waals surface area contributed by atoms with Gasteiger partial charge in [0.25, 0.3) is 0 Å². The van der Waals surface area contributed by atoms with Crippen molar-refractivity contribution in [1.82, 2.24) is 9.97 Å². The molecule has 0 unspecified atom stereocenters. The van der Waals surface area contributed by atoms with Gasteiger partial charge in [-0.2, -0.15) is 0 Å². The Bertz CT molecular complexity index is 412. The molecule has 13 heavy (non-hydrogen) atoms. The lowest BCUT2D eigenvalue weighted by molar-refractivity contribution is 0.469. The van der Waals surface area contributed by atoms with Gasteiger partial charge >= 0.3 is 0 Å². The van der Waals surface area contributed by atoms with Crippen molar-refractivity contribution in [1.29, 1.82) is 0 Å². The summed E-state index contributed by atoms with van der Waals surface area (Å²) >= 11 is 0. The van der Waals surface area contributed by atoms with Crippen molar-refractivity contribution in [2.24, 2.45) is 0 Å². The van der Waals surface area contributed by atoms with Crippen LogP contribution in [0.4, 0.5) is 4.39 Å². The van der Waals surface area contributed by atoms with Crippen molar-refractivity contribution in [2.45, 2.75) is 0 Å². The highest BCUT2D eigenvalue weighted by molar-refractivity contribution is 5.56. The monoisotopic (exact) mass is 178 g/mol. The van der Waals surface area contributed by atoms with Crippen LogP contribution in [0.25, 0.3) is 11.4 Å². The molecule has 0 aliphatic carbocycles. The Morgan fingerprint density at radius 3 is 2.85 bits per heavy atom. The first-order valence-corrected chi connectivity index (χ1v) is 3.75. The molecule has 2 rings (SSSR count). The number of H-pyrrole nitrogens is 1. The van der Waals surface area contributed by atoms with Gasteiger partial charge in [-0.1, -0.05) is 0 Å². The molecular weight excluding hydrogens is 171 g/mol. The summed E-state index contributed by atoms with van der Waals surface area (Å²) in [6, 6.07) is 3.95. The molecule has 0 radical (unpaired) electrons. The molecule has 0 aliphatic rings. The predicted molar refractivity (Wildman–Crippen MR) is 45.6 cm³/mol. The Hall–Kier alpha value is -1.84. The van der Waals surface area contributed by atoms with Crippen molar-refractivity contribution in [3.8, 4) is 17.1 Å². The lowest BCUT2D eigenvalue weighted by atomic mass is 10.2. The summed E-state index contributed by atoms with van der Waals surface area (Å²) in [6.07, 6.45) is 3.16. The lowest BCUT2D eigenvalue weighted by Crippen LogP contribution is -1.85. The molecule has 2 aromatic rings. The highest BCUT2D eigenvalue weighted by Crippen LogP contribution is 2.22. The van der Waals surface area contributed by atoms with Gasteiger partial charge < -0.3 is 10.1 Å². The molecule has 0 bridgehead atoms. The fourth-order valence-corrected chi connectivity index (χ4v) is 1.11. The minimum atomic E-state index is -0.491. The first-order chi connectivity index (χ1) is 6.27. The van der Waals surface area contributed by atoms with Crippen LogP contribution in [0.1, 0.15) is 0 Å². The maximum atomic E-state index is 13.2. The average molecular weight is 178 g/mol. The summed E-state index contributed by atoms with van der Waals surface area (Å²) in [4.78, 5) is 6.68. The van der Waals surface area contributed by atoms with Gasteiger partial charge in [0.1, 0.15) is 17.4 Å². The van der Waals surface area contributed by atoms with Crippen molar-refractivity contribution in [3.05, 3.63) is 36.4 Å². The topological polar surface area (TPSA) is 48.9 Å². The summed E-state index contributed by atoms with van der Waals surface area (Å²) in [7, 11) is 0. The number of phenols is 1. The largest absolute Gasteiger partial charge is 0.508 e. The van der Waals surface area contributed by atoms with Crippen LogP contribution in [0.5, 0.6) is 5.75 Å². The second-order valence-electron chi connectivity index (χ2n) is 2.60. The first kappa shape index (κ1) is 7.79. The van der Waals surface area contributed by atoms with E-state index in [9.17, 15) is 4.39 Å². The van der Waals surface area contributed by atoms with E-state index in [1.54, 1.807) is 12.4 Å². The summed E-state index contributed by atoms with van der Waals surface area (Å²) in [5, 5.41) is 8.96. The predicted octanol–water partition coefficient (Wildman–Crippen LogP) is 1.92. The molecule has 0 spiro atoms. The number of hydrogen-bond acceptors (Lipinski definition) is 2. The van der Waals surface area contributed by atoms with Gasteiger partial charge in [-0.05, 0) is 12.1 Å². The molecule has 2 N–H and O–H groups in total. The van der Waals surface area contributed by atoms with Crippen molar-refractivity contribution < 1.29 is 9.50 Å². The summed E-state index contributed by atoms with van der Waals surface area (Å²) in [5.41, 5.74) is 0.350. The van der Waals surface area contributed by atoms with Crippen LogP contribution in [0, 0.1) is 5.82 Å². The summed E-state index contributed by atoms with van der Waals surface area (Å²) in [6.45, 7) is 0. The van der Waals surface area contributed by atoms with Crippen LogP contribution < -0.4 is 0 Å². The number of nitrogens with zero attached hydrogens (tertiary/aromatic N) is 1. The fourth-order valence-electron chi connectivity index (χ4n) is 1.11. The van der Waals surface area contributed by atoms with E-state index in [1.807, 2.05) is 0 Å². The normalized spacial score (nSPS) is 10.2. The SMILES string of the molecule is Oc1ccc(-c2ncc[nH]2)c(F)c1. The van der Waals surface area contributed by atoms with E-state index in [1.165, 1.54) is 12.1 Å². The minimum absolute atomic E-state index is 0.0900. The van der Waals surface area contributed by atoms with Gasteiger partial charge in [-0.25, -0.2) is 9.37 Å². The molecule has 1 aromatic carbocycles. The van der Waals surface area contributed by atoms with E-state index >= 15 is 0 Å². The summed E-state index contributed by atoms with van der Waals surface area (Å²) < 4.78 is 13.2. The molecule has 0 amide bonds. The highest BCUT2D eigenvalue weighted by atomic mass is 19.1. The number of aromatic hydroxyl groups is 1. The van der Waals surface area contributed by atoms with Crippen LogP contribution in [-0.4, -0.2) is 15.1 Å². The van der Waals surface area contributed by atoms with E-state index < -0.39 is 5.82 Å². The van der Waals surface area contributed by atoms with Crippen LogP contribution >= 0.6 is 0 Å². The molecule has 0 saturated heterocycles. The molecular formula is C9H7FN2O. The van der Waals surface area contributed by atoms with Crippen LogP contribution in [0.2, 0.25) is 0 Å². The molecule has 0 aliphatic heterocycles. The van der Waals surface area contributed by atoms with Gasteiger partial charge in [-0.15, -0.1) is 0 Å². The van der Waals surface area contributed by atoms with Crippen molar-refractivity contribution in [2.75, 3.05) is 0 Å². The average Bonchev–Trinajstić information content (AvgIpc) is 2.56. The quantitative estimate of drug-likeness (QED) is 0.700. The van der Waals surface area contributed by atoms with Crippen LogP contribution in [0.15, 0.2) is 30.6 Å². The van der Waals surface area contributed by atoms with E-state index in [4.69, 9.17) is 5.11 Å². The zero-order chi connectivity index (χ0) is 9.26. The second kappa shape index (κ2) is 2.90. The Balaban J connectivity index is 2.53. The van der Waals surface area contributed by atoms with Crippen molar-refractivity contribution in [3.63, 3.8) is 0 Å². The minimum Gasteiger partial charge on any atom is -0.508 e.